The second kappa shape index (κ2) is 10.4. The van der Waals surface area contributed by atoms with Crippen LogP contribution in [0.15, 0.2) is 60.9 Å². The molecule has 4 N–H and O–H groups in total. The van der Waals surface area contributed by atoms with Gasteiger partial charge in [-0.2, -0.15) is 5.06 Å². The predicted octanol–water partition coefficient (Wildman–Crippen LogP) is 4.33. The van der Waals surface area contributed by atoms with Crippen molar-refractivity contribution in [1.82, 2.24) is 14.5 Å². The van der Waals surface area contributed by atoms with E-state index in [2.05, 4.69) is 17.6 Å². The molecule has 0 spiro atoms. The van der Waals surface area contributed by atoms with Crippen molar-refractivity contribution in [2.24, 2.45) is 11.5 Å². The Morgan fingerprint density at radius 1 is 1.12 bits per heavy atom. The van der Waals surface area contributed by atoms with Crippen molar-refractivity contribution in [3.05, 3.63) is 66.6 Å². The summed E-state index contributed by atoms with van der Waals surface area (Å²) in [5.41, 5.74) is 15.9. The summed E-state index contributed by atoms with van der Waals surface area (Å²) in [6.45, 7) is 3.92. The highest BCUT2D eigenvalue weighted by molar-refractivity contribution is 6.03. The van der Waals surface area contributed by atoms with Crippen LogP contribution in [0.25, 0.3) is 21.9 Å². The molecule has 0 radical (unpaired) electrons. The van der Waals surface area contributed by atoms with Crippen LogP contribution in [0, 0.1) is 0 Å². The van der Waals surface area contributed by atoms with Crippen molar-refractivity contribution in [2.45, 2.75) is 38.6 Å². The number of nitrogens with two attached hydrogens (primary N) is 2. The number of hydroxylamine groups is 1. The fourth-order valence-corrected chi connectivity index (χ4v) is 4.07. The number of unbranched alkanes of at least 4 members (excludes halogenated alkanes) is 1. The monoisotopic (exact) mass is 446 g/mol. The molecule has 2 aromatic heterocycles. The molecule has 0 bridgehead atoms. The van der Waals surface area contributed by atoms with Crippen LogP contribution in [0.5, 0.6) is 0 Å². The summed E-state index contributed by atoms with van der Waals surface area (Å²) in [4.78, 5) is 27.0. The minimum Gasteiger partial charge on any atom is -0.349 e. The molecule has 4 aromatic rings. The zero-order valence-corrected chi connectivity index (χ0v) is 18.9. The molecule has 1 unspecified atom stereocenters. The number of fused-ring (bicyclic) bond motifs is 3. The summed E-state index contributed by atoms with van der Waals surface area (Å²) < 4.78 is 2.18. The van der Waals surface area contributed by atoms with Gasteiger partial charge in [-0.1, -0.05) is 43.3 Å². The molecule has 0 aliphatic rings. The first-order chi connectivity index (χ1) is 16.1. The number of urea groups is 1. The minimum absolute atomic E-state index is 0.233. The maximum atomic E-state index is 11.8. The number of amides is 2. The van der Waals surface area contributed by atoms with E-state index in [0.717, 1.165) is 58.5 Å². The number of benzene rings is 2. The highest BCUT2D eigenvalue weighted by Gasteiger charge is 2.18. The Balaban J connectivity index is 1.47. The Labute approximate surface area is 193 Å². The van der Waals surface area contributed by atoms with Gasteiger partial charge in [0.2, 0.25) is 0 Å². The lowest BCUT2D eigenvalue weighted by atomic mass is 10.0. The van der Waals surface area contributed by atoms with Crippen LogP contribution in [0.4, 0.5) is 10.5 Å². The maximum absolute atomic E-state index is 11.8. The number of primary amides is 1. The highest BCUT2D eigenvalue weighted by atomic mass is 16.7. The van der Waals surface area contributed by atoms with Gasteiger partial charge < -0.3 is 16.0 Å². The molecule has 0 fully saturated rings. The van der Waals surface area contributed by atoms with E-state index in [1.54, 1.807) is 12.1 Å². The smallest absolute Gasteiger partial charge is 0.343 e. The SMILES string of the molecule is CC(CCN)c1nc2ccccc2c2c1ncn2CCCCON(C(N)=O)c1ccccc1. The molecular formula is C25H30N6O2. The van der Waals surface area contributed by atoms with Gasteiger partial charge in [-0.05, 0) is 44.0 Å². The van der Waals surface area contributed by atoms with Crippen LogP contribution in [-0.4, -0.2) is 33.7 Å². The Kier molecular flexibility index (Phi) is 7.16. The number of nitrogens with zero attached hydrogens (tertiary/aromatic N) is 4. The van der Waals surface area contributed by atoms with Crippen molar-refractivity contribution in [3.8, 4) is 0 Å². The number of aryl methyl sites for hydroxylation is 1. The molecule has 0 saturated heterocycles. The molecule has 33 heavy (non-hydrogen) atoms. The van der Waals surface area contributed by atoms with Gasteiger partial charge in [-0.3, -0.25) is 9.82 Å². The summed E-state index contributed by atoms with van der Waals surface area (Å²) in [5.74, 6) is 0.233. The fourth-order valence-electron chi connectivity index (χ4n) is 4.07. The van der Waals surface area contributed by atoms with Crippen LogP contribution >= 0.6 is 0 Å². The Hall–Kier alpha value is -3.49. The Morgan fingerprint density at radius 2 is 1.88 bits per heavy atom. The second-order valence-corrected chi connectivity index (χ2v) is 8.14. The first-order valence-corrected chi connectivity index (χ1v) is 11.3. The van der Waals surface area contributed by atoms with E-state index in [-0.39, 0.29) is 5.92 Å². The molecule has 2 aromatic carbocycles. The van der Waals surface area contributed by atoms with E-state index in [0.29, 0.717) is 18.8 Å². The van der Waals surface area contributed by atoms with Gasteiger partial charge in [0.05, 0.1) is 35.3 Å². The summed E-state index contributed by atoms with van der Waals surface area (Å²) in [7, 11) is 0. The largest absolute Gasteiger partial charge is 0.349 e. The number of pyridine rings is 1. The van der Waals surface area contributed by atoms with Crippen molar-refractivity contribution >= 4 is 33.7 Å². The zero-order valence-electron chi connectivity index (χ0n) is 18.9. The van der Waals surface area contributed by atoms with Crippen LogP contribution in [0.2, 0.25) is 0 Å². The van der Waals surface area contributed by atoms with Gasteiger partial charge in [-0.15, -0.1) is 0 Å². The second-order valence-electron chi connectivity index (χ2n) is 8.14. The van der Waals surface area contributed by atoms with Gasteiger partial charge in [0, 0.05) is 17.8 Å². The summed E-state index contributed by atoms with van der Waals surface area (Å²) >= 11 is 0. The lowest BCUT2D eigenvalue weighted by molar-refractivity contribution is 0.116. The molecule has 1 atom stereocenters. The van der Waals surface area contributed by atoms with E-state index < -0.39 is 6.03 Å². The third-order valence-electron chi connectivity index (χ3n) is 5.75. The number of rotatable bonds is 10. The Bertz CT molecular complexity index is 1220. The number of para-hydroxylation sites is 2. The normalized spacial score (nSPS) is 12.3. The summed E-state index contributed by atoms with van der Waals surface area (Å²) in [6, 6.07) is 16.6. The molecule has 172 valence electrons. The third kappa shape index (κ3) is 4.97. The molecule has 4 rings (SSSR count). The van der Waals surface area contributed by atoms with E-state index in [1.165, 1.54) is 0 Å². The summed E-state index contributed by atoms with van der Waals surface area (Å²) in [5, 5.41) is 2.23. The van der Waals surface area contributed by atoms with Gasteiger partial charge in [0.15, 0.2) is 0 Å². The molecule has 0 saturated carbocycles. The van der Waals surface area contributed by atoms with E-state index in [4.69, 9.17) is 26.3 Å². The zero-order chi connectivity index (χ0) is 23.2. The number of aromatic nitrogens is 3. The maximum Gasteiger partial charge on any atom is 0.343 e. The van der Waals surface area contributed by atoms with Crippen LogP contribution in [0.1, 0.15) is 37.8 Å². The van der Waals surface area contributed by atoms with E-state index in [1.807, 2.05) is 42.7 Å². The molecule has 8 heteroatoms. The van der Waals surface area contributed by atoms with Crippen molar-refractivity contribution in [2.75, 3.05) is 18.2 Å². The summed E-state index contributed by atoms with van der Waals surface area (Å²) in [6.07, 6.45) is 4.37. The van der Waals surface area contributed by atoms with Crippen molar-refractivity contribution in [1.29, 1.82) is 0 Å². The highest BCUT2D eigenvalue weighted by Crippen LogP contribution is 2.31. The average Bonchev–Trinajstić information content (AvgIpc) is 3.25. The lowest BCUT2D eigenvalue weighted by Gasteiger charge is -2.19. The molecule has 2 amide bonds. The predicted molar refractivity (Wildman–Crippen MR) is 131 cm³/mol. The quantitative estimate of drug-likeness (QED) is 0.278. The van der Waals surface area contributed by atoms with E-state index >= 15 is 0 Å². The standard InChI is InChI=1S/C25H30N6O2/c1-18(13-14-26)22-23-24(20-11-5-6-12-21(20)29-22)30(17-28-23)15-7-8-16-33-31(25(27)32)19-9-3-2-4-10-19/h2-6,9-12,17-18H,7-8,13-16,26H2,1H3,(H2,27,32). The fraction of sp³-hybridized carbons (Fsp3) is 0.320. The van der Waals surface area contributed by atoms with Crippen LogP contribution in [0.3, 0.4) is 0 Å². The number of imidazole rings is 1. The minimum atomic E-state index is -0.639. The molecule has 2 heterocycles. The first-order valence-electron chi connectivity index (χ1n) is 11.3. The van der Waals surface area contributed by atoms with Gasteiger partial charge in [0.25, 0.3) is 0 Å². The molecular weight excluding hydrogens is 416 g/mol. The van der Waals surface area contributed by atoms with Crippen molar-refractivity contribution in [3.63, 3.8) is 0 Å². The average molecular weight is 447 g/mol. The molecule has 0 aliphatic carbocycles. The number of hydrogen-bond acceptors (Lipinski definition) is 5. The number of hydrogen-bond donors (Lipinski definition) is 2. The van der Waals surface area contributed by atoms with Gasteiger partial charge in [-0.25, -0.2) is 9.78 Å². The Morgan fingerprint density at radius 3 is 2.64 bits per heavy atom. The number of carbonyl (C=O) groups excluding carboxylic acids is 1. The third-order valence-corrected chi connectivity index (χ3v) is 5.75. The first kappa shape index (κ1) is 22.7. The topological polar surface area (TPSA) is 112 Å². The van der Waals surface area contributed by atoms with E-state index in [9.17, 15) is 4.79 Å². The molecule has 0 aliphatic heterocycles. The number of anilines is 1. The van der Waals surface area contributed by atoms with Gasteiger partial charge >= 0.3 is 6.03 Å². The van der Waals surface area contributed by atoms with Crippen molar-refractivity contribution < 1.29 is 9.63 Å². The lowest BCUT2D eigenvalue weighted by Crippen LogP contribution is -2.36. The van der Waals surface area contributed by atoms with Gasteiger partial charge in [0.1, 0.15) is 5.52 Å². The van der Waals surface area contributed by atoms with Crippen LogP contribution in [-0.2, 0) is 11.4 Å². The number of carbonyl (C=O) groups is 1. The molecule has 8 nitrogen and oxygen atoms in total. The van der Waals surface area contributed by atoms with Crippen LogP contribution < -0.4 is 16.5 Å².